The Morgan fingerprint density at radius 1 is 0.867 bits per heavy atom. The van der Waals surface area contributed by atoms with E-state index in [1.54, 1.807) is 18.2 Å². The van der Waals surface area contributed by atoms with Crippen LogP contribution in [0.3, 0.4) is 0 Å². The van der Waals surface area contributed by atoms with Crippen molar-refractivity contribution in [2.45, 2.75) is 13.5 Å². The van der Waals surface area contributed by atoms with Gasteiger partial charge < -0.3 is 26.7 Å². The van der Waals surface area contributed by atoms with Crippen LogP contribution in [0, 0.1) is 12.7 Å². The number of hydrogen-bond acceptors (Lipinski definition) is 1. The molecule has 30 heavy (non-hydrogen) atoms. The molecule has 0 fully saturated rings. The van der Waals surface area contributed by atoms with Crippen molar-refractivity contribution in [1.29, 1.82) is 0 Å². The second-order valence-electron chi connectivity index (χ2n) is 6.98. The van der Waals surface area contributed by atoms with Crippen molar-refractivity contribution < 1.29 is 31.5 Å². The molecule has 5 aromatic rings. The smallest absolute Gasteiger partial charge is 0.166 e. The summed E-state index contributed by atoms with van der Waals surface area (Å²) in [6.45, 7) is 2.68. The van der Waals surface area contributed by atoms with Crippen LogP contribution in [0.25, 0.3) is 21.8 Å². The highest BCUT2D eigenvalue weighted by molar-refractivity contribution is 6.11. The predicted octanol–water partition coefficient (Wildman–Crippen LogP) is 2.50. The van der Waals surface area contributed by atoms with E-state index < -0.39 is 0 Å². The van der Waals surface area contributed by atoms with Crippen LogP contribution in [0.2, 0.25) is 0 Å². The SMILES string of the molecule is Cc1ccc2c(c1)c1c(O)cccc1n2Cc1ccc(F)cc1.[Br-].c1cc[nH+]cc1. The van der Waals surface area contributed by atoms with Gasteiger partial charge in [-0.2, -0.15) is 0 Å². The summed E-state index contributed by atoms with van der Waals surface area (Å²) < 4.78 is 15.3. The van der Waals surface area contributed by atoms with Crippen molar-refractivity contribution in [3.63, 3.8) is 0 Å². The summed E-state index contributed by atoms with van der Waals surface area (Å²) in [5.74, 6) is 0.0557. The highest BCUT2D eigenvalue weighted by Gasteiger charge is 2.13. The number of benzene rings is 3. The van der Waals surface area contributed by atoms with Crippen molar-refractivity contribution in [3.05, 3.63) is 108 Å². The fourth-order valence-corrected chi connectivity index (χ4v) is 3.53. The summed E-state index contributed by atoms with van der Waals surface area (Å²) in [4.78, 5) is 2.89. The average molecular weight is 465 g/mol. The maximum Gasteiger partial charge on any atom is 0.166 e. The summed E-state index contributed by atoms with van der Waals surface area (Å²) >= 11 is 0. The molecule has 2 aromatic heterocycles. The van der Waals surface area contributed by atoms with Gasteiger partial charge in [0.05, 0.1) is 5.52 Å². The average Bonchev–Trinajstić information content (AvgIpc) is 3.05. The number of rotatable bonds is 2. The highest BCUT2D eigenvalue weighted by atomic mass is 79.9. The van der Waals surface area contributed by atoms with Crippen LogP contribution in [0.5, 0.6) is 5.75 Å². The lowest BCUT2D eigenvalue weighted by atomic mass is 10.1. The number of H-pyrrole nitrogens is 1. The Kier molecular flexibility index (Phi) is 6.85. The van der Waals surface area contributed by atoms with E-state index in [0.717, 1.165) is 32.9 Å². The minimum absolute atomic E-state index is 0. The normalized spacial score (nSPS) is 10.3. The van der Waals surface area contributed by atoms with Gasteiger partial charge in [0.15, 0.2) is 12.4 Å². The number of phenols is 1. The van der Waals surface area contributed by atoms with E-state index >= 15 is 0 Å². The molecule has 0 atom stereocenters. The molecule has 152 valence electrons. The van der Waals surface area contributed by atoms with Gasteiger partial charge in [0.2, 0.25) is 0 Å². The Labute approximate surface area is 185 Å². The molecular weight excluding hydrogens is 443 g/mol. The molecule has 0 radical (unpaired) electrons. The molecule has 0 aliphatic carbocycles. The van der Waals surface area contributed by atoms with Gasteiger partial charge in [-0.3, -0.25) is 0 Å². The number of aryl methyl sites for hydroxylation is 1. The summed E-state index contributed by atoms with van der Waals surface area (Å²) in [5.41, 5.74) is 4.22. The molecule has 2 N–H and O–H groups in total. The fourth-order valence-electron chi connectivity index (χ4n) is 3.53. The van der Waals surface area contributed by atoms with Crippen LogP contribution in [0.1, 0.15) is 11.1 Å². The number of phenolic OH excluding ortho intramolecular Hbond substituents is 1. The number of aromatic hydroxyl groups is 1. The molecule has 0 bridgehead atoms. The van der Waals surface area contributed by atoms with E-state index in [-0.39, 0.29) is 28.5 Å². The van der Waals surface area contributed by atoms with Crippen molar-refractivity contribution in [2.75, 3.05) is 0 Å². The summed E-state index contributed by atoms with van der Waals surface area (Å²) in [6.07, 6.45) is 3.75. The molecule has 0 spiro atoms. The summed E-state index contributed by atoms with van der Waals surface area (Å²) in [6, 6.07) is 24.2. The number of hydrogen-bond donors (Lipinski definition) is 1. The van der Waals surface area contributed by atoms with Crippen molar-refractivity contribution in [2.24, 2.45) is 0 Å². The van der Waals surface area contributed by atoms with Gasteiger partial charge in [-0.1, -0.05) is 35.9 Å². The van der Waals surface area contributed by atoms with Crippen molar-refractivity contribution >= 4 is 21.8 Å². The van der Waals surface area contributed by atoms with E-state index in [1.165, 1.54) is 12.1 Å². The maximum atomic E-state index is 13.1. The van der Waals surface area contributed by atoms with Crippen molar-refractivity contribution in [1.82, 2.24) is 4.57 Å². The number of fused-ring (bicyclic) bond motifs is 3. The zero-order valence-corrected chi connectivity index (χ0v) is 18.1. The molecule has 0 aliphatic rings. The minimum atomic E-state index is -0.232. The van der Waals surface area contributed by atoms with Gasteiger partial charge in [-0.25, -0.2) is 9.37 Å². The third kappa shape index (κ3) is 4.52. The molecule has 0 unspecified atom stereocenters. The number of nitrogens with one attached hydrogen (secondary N) is 1. The van der Waals surface area contributed by atoms with Crippen LogP contribution < -0.4 is 22.0 Å². The molecular formula is C25H22BrFN2O. The standard InChI is InChI=1S/C20H16FNO.C5H5N.BrH/c1-13-5-10-17-16(11-13)20-18(3-2-4-19(20)23)22(17)12-14-6-8-15(21)9-7-14;1-2-4-6-5-3-1;/h2-11,23H,12H2,1H3;1-5H;1H. The minimum Gasteiger partial charge on any atom is -1.00 e. The number of aromatic amines is 1. The number of aromatic nitrogens is 2. The Morgan fingerprint density at radius 2 is 1.60 bits per heavy atom. The lowest BCUT2D eigenvalue weighted by molar-refractivity contribution is -0.377. The first kappa shape index (κ1) is 21.5. The summed E-state index contributed by atoms with van der Waals surface area (Å²) in [5, 5.41) is 12.2. The molecule has 5 heteroatoms. The zero-order chi connectivity index (χ0) is 20.2. The van der Waals surface area contributed by atoms with Crippen LogP contribution in [0.15, 0.2) is 91.3 Å². The van der Waals surface area contributed by atoms with Gasteiger partial charge in [-0.05, 0) is 48.9 Å². The number of nitrogens with zero attached hydrogens (tertiary/aromatic N) is 1. The van der Waals surface area contributed by atoms with E-state index in [9.17, 15) is 9.50 Å². The second-order valence-corrected chi connectivity index (χ2v) is 6.98. The monoisotopic (exact) mass is 464 g/mol. The zero-order valence-electron chi connectivity index (χ0n) is 16.5. The van der Waals surface area contributed by atoms with Crippen molar-refractivity contribution in [3.8, 4) is 5.75 Å². The summed E-state index contributed by atoms with van der Waals surface area (Å²) in [7, 11) is 0. The first-order valence-electron chi connectivity index (χ1n) is 9.49. The molecule has 0 saturated heterocycles. The third-order valence-corrected chi connectivity index (χ3v) is 4.88. The van der Waals surface area contributed by atoms with Gasteiger partial charge >= 0.3 is 0 Å². The first-order valence-corrected chi connectivity index (χ1v) is 9.49. The lowest BCUT2D eigenvalue weighted by Gasteiger charge is -2.08. The topological polar surface area (TPSA) is 39.3 Å². The lowest BCUT2D eigenvalue weighted by Crippen LogP contribution is -3.00. The molecule has 0 aliphatic heterocycles. The largest absolute Gasteiger partial charge is 1.00 e. The van der Waals surface area contributed by atoms with Crippen LogP contribution in [-0.2, 0) is 6.54 Å². The quantitative estimate of drug-likeness (QED) is 0.428. The molecule has 3 aromatic carbocycles. The molecule has 5 rings (SSSR count). The second kappa shape index (κ2) is 9.55. The highest BCUT2D eigenvalue weighted by Crippen LogP contribution is 2.35. The van der Waals surface area contributed by atoms with Gasteiger partial charge in [0.25, 0.3) is 0 Å². The Balaban J connectivity index is 0.000000317. The van der Waals surface area contributed by atoms with Crippen LogP contribution in [0.4, 0.5) is 4.39 Å². The Morgan fingerprint density at radius 3 is 2.23 bits per heavy atom. The van der Waals surface area contributed by atoms with E-state index in [0.29, 0.717) is 6.54 Å². The number of pyridine rings is 1. The molecule has 2 heterocycles. The molecule has 3 nitrogen and oxygen atoms in total. The predicted molar refractivity (Wildman–Crippen MR) is 114 cm³/mol. The Hall–Kier alpha value is -3.18. The van der Waals surface area contributed by atoms with Gasteiger partial charge in [0.1, 0.15) is 11.6 Å². The van der Waals surface area contributed by atoms with E-state index in [2.05, 4.69) is 27.8 Å². The van der Waals surface area contributed by atoms with Crippen LogP contribution >= 0.6 is 0 Å². The maximum absolute atomic E-state index is 13.1. The Bertz CT molecular complexity index is 1220. The van der Waals surface area contributed by atoms with E-state index in [1.807, 2.05) is 49.6 Å². The van der Waals surface area contributed by atoms with Gasteiger partial charge in [-0.15, -0.1) is 0 Å². The molecule has 0 amide bonds. The van der Waals surface area contributed by atoms with Crippen LogP contribution in [-0.4, -0.2) is 9.67 Å². The molecule has 0 saturated carbocycles. The number of halogens is 2. The third-order valence-electron chi connectivity index (χ3n) is 4.88. The fraction of sp³-hybridized carbons (Fsp3) is 0.0800. The van der Waals surface area contributed by atoms with E-state index in [4.69, 9.17) is 0 Å². The first-order chi connectivity index (χ1) is 14.1. The van der Waals surface area contributed by atoms with Gasteiger partial charge in [0, 0.05) is 35.0 Å².